The van der Waals surface area contributed by atoms with Crippen LogP contribution in [0, 0.1) is 11.6 Å². The molecule has 3 rings (SSSR count). The average Bonchev–Trinajstić information content (AvgIpc) is 2.51. The minimum absolute atomic E-state index is 0.0244. The second-order valence-corrected chi connectivity index (χ2v) is 4.77. The Labute approximate surface area is 121 Å². The van der Waals surface area contributed by atoms with E-state index >= 15 is 0 Å². The number of fused-ring (bicyclic) bond motifs is 1. The Bertz CT molecular complexity index is 761. The van der Waals surface area contributed by atoms with Crippen LogP contribution in [0.25, 0.3) is 10.9 Å². The highest BCUT2D eigenvalue weighted by molar-refractivity contribution is 5.83. The van der Waals surface area contributed by atoms with Gasteiger partial charge in [0.05, 0.1) is 11.6 Å². The maximum absolute atomic E-state index is 14.1. The van der Waals surface area contributed by atoms with E-state index in [1.807, 2.05) is 30.3 Å². The number of benzene rings is 2. The van der Waals surface area contributed by atoms with Crippen LogP contribution in [0.15, 0.2) is 54.7 Å². The summed E-state index contributed by atoms with van der Waals surface area (Å²) in [6.45, 7) is 0. The Kier molecular flexibility index (Phi) is 3.62. The molecule has 0 spiro atoms. The molecular formula is C17H14F2N2. The van der Waals surface area contributed by atoms with Gasteiger partial charge in [-0.15, -0.1) is 0 Å². The van der Waals surface area contributed by atoms with E-state index in [0.29, 0.717) is 0 Å². The first-order chi connectivity index (χ1) is 10.2. The standard InChI is InChI=1S/C17H14F2N2/c1-20-17(16-13(18)7-3-8-14(16)19)12-5-2-9-15-11(12)6-4-10-21-15/h2-10,17,20H,1H3. The van der Waals surface area contributed by atoms with Gasteiger partial charge in [-0.05, 0) is 36.9 Å². The molecule has 4 heteroatoms. The van der Waals surface area contributed by atoms with Crippen LogP contribution in [0.4, 0.5) is 8.78 Å². The van der Waals surface area contributed by atoms with Crippen molar-refractivity contribution in [3.05, 3.63) is 77.5 Å². The lowest BCUT2D eigenvalue weighted by atomic mass is 9.94. The molecule has 0 saturated carbocycles. The number of nitrogens with zero attached hydrogens (tertiary/aromatic N) is 1. The summed E-state index contributed by atoms with van der Waals surface area (Å²) in [4.78, 5) is 4.28. The highest BCUT2D eigenvalue weighted by atomic mass is 19.1. The van der Waals surface area contributed by atoms with E-state index in [0.717, 1.165) is 16.5 Å². The molecule has 0 aliphatic carbocycles. The third kappa shape index (κ3) is 2.38. The van der Waals surface area contributed by atoms with Gasteiger partial charge in [-0.3, -0.25) is 4.98 Å². The van der Waals surface area contributed by atoms with Gasteiger partial charge in [0.15, 0.2) is 0 Å². The number of hydrogen-bond acceptors (Lipinski definition) is 2. The fourth-order valence-corrected chi connectivity index (χ4v) is 2.62. The molecule has 1 N–H and O–H groups in total. The van der Waals surface area contributed by atoms with Crippen molar-refractivity contribution in [3.63, 3.8) is 0 Å². The molecule has 1 aromatic heterocycles. The molecule has 106 valence electrons. The maximum atomic E-state index is 14.1. The number of pyridine rings is 1. The van der Waals surface area contributed by atoms with E-state index in [4.69, 9.17) is 0 Å². The summed E-state index contributed by atoms with van der Waals surface area (Å²) >= 11 is 0. The molecule has 1 unspecified atom stereocenters. The van der Waals surface area contributed by atoms with Gasteiger partial charge in [0, 0.05) is 17.1 Å². The molecule has 2 aromatic carbocycles. The number of aromatic nitrogens is 1. The molecule has 21 heavy (non-hydrogen) atoms. The molecule has 0 bridgehead atoms. The fourth-order valence-electron chi connectivity index (χ4n) is 2.62. The van der Waals surface area contributed by atoms with Crippen LogP contribution in [-0.2, 0) is 0 Å². The summed E-state index contributed by atoms with van der Waals surface area (Å²) in [5.74, 6) is -1.12. The quantitative estimate of drug-likeness (QED) is 0.791. The third-order valence-corrected chi connectivity index (χ3v) is 3.57. The average molecular weight is 284 g/mol. The summed E-state index contributed by atoms with van der Waals surface area (Å²) < 4.78 is 28.2. The number of halogens is 2. The van der Waals surface area contributed by atoms with E-state index in [-0.39, 0.29) is 5.56 Å². The van der Waals surface area contributed by atoms with E-state index in [1.165, 1.54) is 18.2 Å². The zero-order valence-corrected chi connectivity index (χ0v) is 11.5. The van der Waals surface area contributed by atoms with Crippen LogP contribution < -0.4 is 5.32 Å². The lowest BCUT2D eigenvalue weighted by Crippen LogP contribution is -2.20. The molecular weight excluding hydrogens is 270 g/mol. The summed E-state index contributed by atoms with van der Waals surface area (Å²) in [6.07, 6.45) is 1.70. The SMILES string of the molecule is CNC(c1c(F)cccc1F)c1cccc2ncccc12. The van der Waals surface area contributed by atoms with Crippen LogP contribution in [0.1, 0.15) is 17.2 Å². The molecule has 0 saturated heterocycles. The first-order valence-electron chi connectivity index (χ1n) is 6.67. The predicted molar refractivity (Wildman–Crippen MR) is 79.0 cm³/mol. The van der Waals surface area contributed by atoms with Gasteiger partial charge < -0.3 is 5.32 Å². The number of nitrogens with one attached hydrogen (secondary N) is 1. The zero-order valence-electron chi connectivity index (χ0n) is 11.5. The van der Waals surface area contributed by atoms with Gasteiger partial charge >= 0.3 is 0 Å². The van der Waals surface area contributed by atoms with Gasteiger partial charge in [0.1, 0.15) is 11.6 Å². The second kappa shape index (κ2) is 5.58. The zero-order chi connectivity index (χ0) is 14.8. The molecule has 0 amide bonds. The van der Waals surface area contributed by atoms with Gasteiger partial charge in [-0.1, -0.05) is 24.3 Å². The Morgan fingerprint density at radius 1 is 0.952 bits per heavy atom. The normalized spacial score (nSPS) is 12.5. The molecule has 0 aliphatic heterocycles. The first-order valence-corrected chi connectivity index (χ1v) is 6.67. The summed E-state index contributed by atoms with van der Waals surface area (Å²) in [7, 11) is 1.69. The molecule has 0 fully saturated rings. The number of hydrogen-bond donors (Lipinski definition) is 1. The van der Waals surface area contributed by atoms with Crippen molar-refractivity contribution in [2.45, 2.75) is 6.04 Å². The van der Waals surface area contributed by atoms with Crippen molar-refractivity contribution >= 4 is 10.9 Å². The van der Waals surface area contributed by atoms with E-state index < -0.39 is 17.7 Å². The largest absolute Gasteiger partial charge is 0.309 e. The topological polar surface area (TPSA) is 24.9 Å². The van der Waals surface area contributed by atoms with E-state index in [2.05, 4.69) is 10.3 Å². The molecule has 1 atom stereocenters. The Morgan fingerprint density at radius 2 is 1.67 bits per heavy atom. The predicted octanol–water partition coefficient (Wildman–Crippen LogP) is 3.82. The third-order valence-electron chi connectivity index (χ3n) is 3.57. The van der Waals surface area contributed by atoms with Crippen molar-refractivity contribution in [3.8, 4) is 0 Å². The van der Waals surface area contributed by atoms with E-state index in [9.17, 15) is 8.78 Å². The van der Waals surface area contributed by atoms with Crippen LogP contribution >= 0.6 is 0 Å². The van der Waals surface area contributed by atoms with E-state index in [1.54, 1.807) is 13.2 Å². The van der Waals surface area contributed by atoms with Crippen LogP contribution in [-0.4, -0.2) is 12.0 Å². The maximum Gasteiger partial charge on any atom is 0.131 e. The van der Waals surface area contributed by atoms with Crippen LogP contribution in [0.5, 0.6) is 0 Å². The summed E-state index contributed by atoms with van der Waals surface area (Å²) in [5, 5.41) is 3.88. The smallest absolute Gasteiger partial charge is 0.131 e. The summed E-state index contributed by atoms with van der Waals surface area (Å²) in [6, 6.07) is 12.6. The Balaban J connectivity index is 2.24. The molecule has 0 radical (unpaired) electrons. The van der Waals surface area contributed by atoms with Crippen molar-refractivity contribution in [2.75, 3.05) is 7.05 Å². The molecule has 0 aliphatic rings. The van der Waals surface area contributed by atoms with Crippen LogP contribution in [0.3, 0.4) is 0 Å². The first kappa shape index (κ1) is 13.6. The molecule has 1 heterocycles. The Hall–Kier alpha value is -2.33. The minimum Gasteiger partial charge on any atom is -0.309 e. The monoisotopic (exact) mass is 284 g/mol. The van der Waals surface area contributed by atoms with Crippen molar-refractivity contribution < 1.29 is 8.78 Å². The second-order valence-electron chi connectivity index (χ2n) is 4.77. The Morgan fingerprint density at radius 3 is 2.38 bits per heavy atom. The van der Waals surface area contributed by atoms with Crippen molar-refractivity contribution in [1.29, 1.82) is 0 Å². The van der Waals surface area contributed by atoms with Crippen molar-refractivity contribution in [2.24, 2.45) is 0 Å². The van der Waals surface area contributed by atoms with Gasteiger partial charge in [-0.25, -0.2) is 8.78 Å². The van der Waals surface area contributed by atoms with Crippen molar-refractivity contribution in [1.82, 2.24) is 10.3 Å². The highest BCUT2D eigenvalue weighted by Crippen LogP contribution is 2.30. The highest BCUT2D eigenvalue weighted by Gasteiger charge is 2.22. The number of rotatable bonds is 3. The molecule has 2 nitrogen and oxygen atoms in total. The van der Waals surface area contributed by atoms with Gasteiger partial charge in [0.25, 0.3) is 0 Å². The molecule has 3 aromatic rings. The lowest BCUT2D eigenvalue weighted by molar-refractivity contribution is 0.523. The minimum atomic E-state index is -0.570. The fraction of sp³-hybridized carbons (Fsp3) is 0.118. The lowest BCUT2D eigenvalue weighted by Gasteiger charge is -2.20. The van der Waals surface area contributed by atoms with Crippen LogP contribution in [0.2, 0.25) is 0 Å². The van der Waals surface area contributed by atoms with Gasteiger partial charge in [-0.2, -0.15) is 0 Å². The van der Waals surface area contributed by atoms with Gasteiger partial charge in [0.2, 0.25) is 0 Å². The summed E-state index contributed by atoms with van der Waals surface area (Å²) in [5.41, 5.74) is 1.62.